The highest BCUT2D eigenvalue weighted by Gasteiger charge is 2.21. The van der Waals surface area contributed by atoms with Crippen molar-refractivity contribution in [1.29, 1.82) is 0 Å². The molecular formula is C26H34N4O2. The molecule has 2 saturated heterocycles. The number of likely N-dealkylation sites (tertiary alicyclic amines) is 2. The van der Waals surface area contributed by atoms with Crippen molar-refractivity contribution >= 4 is 11.9 Å². The highest BCUT2D eigenvalue weighted by molar-refractivity contribution is 5.78. The lowest BCUT2D eigenvalue weighted by molar-refractivity contribution is -0.128. The number of nitrogens with zero attached hydrogens (tertiary/aromatic N) is 2. The van der Waals surface area contributed by atoms with Crippen LogP contribution in [0.4, 0.5) is 4.79 Å². The van der Waals surface area contributed by atoms with Gasteiger partial charge in [-0.1, -0.05) is 54.1 Å². The van der Waals surface area contributed by atoms with Gasteiger partial charge in [-0.25, -0.2) is 4.79 Å². The van der Waals surface area contributed by atoms with Crippen LogP contribution in [0.1, 0.15) is 47.9 Å². The molecule has 2 aliphatic rings. The highest BCUT2D eigenvalue weighted by Crippen LogP contribution is 2.16. The summed E-state index contributed by atoms with van der Waals surface area (Å²) in [5.74, 6) is 0.234. The van der Waals surface area contributed by atoms with Crippen molar-refractivity contribution in [3.63, 3.8) is 0 Å². The molecule has 6 nitrogen and oxygen atoms in total. The molecule has 2 N–H and O–H groups in total. The zero-order valence-electron chi connectivity index (χ0n) is 19.0. The van der Waals surface area contributed by atoms with Crippen molar-refractivity contribution < 1.29 is 9.59 Å². The molecule has 0 saturated carbocycles. The van der Waals surface area contributed by atoms with Crippen molar-refractivity contribution in [2.45, 2.75) is 58.3 Å². The lowest BCUT2D eigenvalue weighted by atomic mass is 10.0. The van der Waals surface area contributed by atoms with E-state index in [1.54, 1.807) is 0 Å². The SMILES string of the molecule is Cc1cccc(CN2CCC(NC(=O)NCc3cccc(CN4CCCC4=O)c3)CC2)c1. The molecule has 4 rings (SSSR count). The van der Waals surface area contributed by atoms with Crippen LogP contribution in [0.25, 0.3) is 0 Å². The largest absolute Gasteiger partial charge is 0.338 e. The molecule has 6 heteroatoms. The molecule has 0 spiro atoms. The maximum absolute atomic E-state index is 12.4. The topological polar surface area (TPSA) is 64.7 Å². The number of aryl methyl sites for hydroxylation is 1. The monoisotopic (exact) mass is 434 g/mol. The first-order valence-electron chi connectivity index (χ1n) is 11.7. The molecule has 32 heavy (non-hydrogen) atoms. The van der Waals surface area contributed by atoms with E-state index in [-0.39, 0.29) is 18.0 Å². The minimum atomic E-state index is -0.109. The fourth-order valence-corrected chi connectivity index (χ4v) is 4.65. The summed E-state index contributed by atoms with van der Waals surface area (Å²) in [7, 11) is 0. The predicted molar refractivity (Wildman–Crippen MR) is 126 cm³/mol. The number of amides is 3. The maximum Gasteiger partial charge on any atom is 0.315 e. The summed E-state index contributed by atoms with van der Waals surface area (Å²) in [6.45, 7) is 7.07. The average Bonchev–Trinajstić information content (AvgIpc) is 3.18. The molecule has 0 aliphatic carbocycles. The summed E-state index contributed by atoms with van der Waals surface area (Å²) >= 11 is 0. The van der Waals surface area contributed by atoms with E-state index >= 15 is 0 Å². The van der Waals surface area contributed by atoms with Crippen molar-refractivity contribution in [2.75, 3.05) is 19.6 Å². The third-order valence-electron chi connectivity index (χ3n) is 6.40. The first kappa shape index (κ1) is 22.3. The molecule has 2 aromatic carbocycles. The molecule has 0 radical (unpaired) electrons. The molecular weight excluding hydrogens is 400 g/mol. The Kier molecular flexibility index (Phi) is 7.43. The molecule has 2 aromatic rings. The average molecular weight is 435 g/mol. The summed E-state index contributed by atoms with van der Waals surface area (Å²) in [6, 6.07) is 16.9. The van der Waals surface area contributed by atoms with Gasteiger partial charge in [0.15, 0.2) is 0 Å². The lowest BCUT2D eigenvalue weighted by Gasteiger charge is -2.32. The van der Waals surface area contributed by atoms with E-state index < -0.39 is 0 Å². The van der Waals surface area contributed by atoms with Gasteiger partial charge in [-0.05, 0) is 42.9 Å². The number of urea groups is 1. The molecule has 0 aromatic heterocycles. The summed E-state index contributed by atoms with van der Waals surface area (Å²) in [4.78, 5) is 28.6. The number of rotatable bonds is 7. The molecule has 2 fully saturated rings. The van der Waals surface area contributed by atoms with Gasteiger partial charge >= 0.3 is 6.03 Å². The summed E-state index contributed by atoms with van der Waals surface area (Å²) in [5, 5.41) is 6.12. The van der Waals surface area contributed by atoms with Crippen LogP contribution >= 0.6 is 0 Å². The minimum absolute atomic E-state index is 0.109. The van der Waals surface area contributed by atoms with Crippen molar-refractivity contribution in [3.05, 3.63) is 70.8 Å². The van der Waals surface area contributed by atoms with E-state index in [0.29, 0.717) is 19.5 Å². The van der Waals surface area contributed by atoms with Crippen LogP contribution in [-0.4, -0.2) is 47.4 Å². The van der Waals surface area contributed by atoms with Crippen LogP contribution in [0.2, 0.25) is 0 Å². The van der Waals surface area contributed by atoms with E-state index in [2.05, 4.69) is 52.8 Å². The van der Waals surface area contributed by atoms with Crippen LogP contribution < -0.4 is 10.6 Å². The second-order valence-electron chi connectivity index (χ2n) is 9.11. The Labute approximate surface area is 191 Å². The second kappa shape index (κ2) is 10.6. The van der Waals surface area contributed by atoms with Crippen LogP contribution in [0.5, 0.6) is 0 Å². The van der Waals surface area contributed by atoms with Gasteiger partial charge in [-0.2, -0.15) is 0 Å². The number of carbonyl (C=O) groups excluding carboxylic acids is 2. The Bertz CT molecular complexity index is 937. The van der Waals surface area contributed by atoms with E-state index in [4.69, 9.17) is 0 Å². The fraction of sp³-hybridized carbons (Fsp3) is 0.462. The number of hydrogen-bond donors (Lipinski definition) is 2. The Morgan fingerprint density at radius 2 is 1.69 bits per heavy atom. The van der Waals surface area contributed by atoms with Crippen molar-refractivity contribution in [3.8, 4) is 0 Å². The van der Waals surface area contributed by atoms with Gasteiger partial charge in [0.2, 0.25) is 5.91 Å². The molecule has 170 valence electrons. The molecule has 0 atom stereocenters. The van der Waals surface area contributed by atoms with E-state index in [9.17, 15) is 9.59 Å². The van der Waals surface area contributed by atoms with Gasteiger partial charge in [0.25, 0.3) is 0 Å². The van der Waals surface area contributed by atoms with Crippen molar-refractivity contribution in [1.82, 2.24) is 20.4 Å². The smallest absolute Gasteiger partial charge is 0.315 e. The highest BCUT2D eigenvalue weighted by atomic mass is 16.2. The quantitative estimate of drug-likeness (QED) is 0.700. The lowest BCUT2D eigenvalue weighted by Crippen LogP contribution is -2.47. The third kappa shape index (κ3) is 6.33. The van der Waals surface area contributed by atoms with Gasteiger partial charge in [0, 0.05) is 51.7 Å². The molecule has 3 amide bonds. The van der Waals surface area contributed by atoms with E-state index in [1.165, 1.54) is 11.1 Å². The van der Waals surface area contributed by atoms with E-state index in [1.807, 2.05) is 23.1 Å². The van der Waals surface area contributed by atoms with Crippen LogP contribution in [-0.2, 0) is 24.4 Å². The Hall–Kier alpha value is -2.86. The first-order chi connectivity index (χ1) is 15.5. The van der Waals surface area contributed by atoms with Gasteiger partial charge in [-0.15, -0.1) is 0 Å². The summed E-state index contributed by atoms with van der Waals surface area (Å²) in [6.07, 6.45) is 3.55. The Balaban J connectivity index is 1.18. The molecule has 2 heterocycles. The second-order valence-corrected chi connectivity index (χ2v) is 9.11. The minimum Gasteiger partial charge on any atom is -0.338 e. The molecule has 2 aliphatic heterocycles. The van der Waals surface area contributed by atoms with Crippen molar-refractivity contribution in [2.24, 2.45) is 0 Å². The zero-order valence-corrected chi connectivity index (χ0v) is 19.0. The number of carbonyl (C=O) groups is 2. The van der Waals surface area contributed by atoms with Crippen LogP contribution in [0, 0.1) is 6.92 Å². The predicted octanol–water partition coefficient (Wildman–Crippen LogP) is 3.58. The molecule has 0 bridgehead atoms. The van der Waals surface area contributed by atoms with E-state index in [0.717, 1.165) is 56.6 Å². The van der Waals surface area contributed by atoms with Crippen LogP contribution in [0.15, 0.2) is 48.5 Å². The normalized spacial score (nSPS) is 17.5. The fourth-order valence-electron chi connectivity index (χ4n) is 4.65. The van der Waals surface area contributed by atoms with Gasteiger partial charge in [0.05, 0.1) is 0 Å². The van der Waals surface area contributed by atoms with Gasteiger partial charge in [-0.3, -0.25) is 9.69 Å². The first-order valence-corrected chi connectivity index (χ1v) is 11.7. The maximum atomic E-state index is 12.4. The number of hydrogen-bond acceptors (Lipinski definition) is 3. The summed E-state index contributed by atoms with van der Waals surface area (Å²) < 4.78 is 0. The standard InChI is InChI=1S/C26H34N4O2/c1-20-5-2-7-22(15-20)18-29-13-10-24(11-14-29)28-26(32)27-17-21-6-3-8-23(16-21)19-30-12-4-9-25(30)31/h2-3,5-8,15-16,24H,4,9-14,17-19H2,1H3,(H2,27,28,32). The number of nitrogens with one attached hydrogen (secondary N) is 2. The zero-order chi connectivity index (χ0) is 22.3. The Morgan fingerprint density at radius 3 is 2.41 bits per heavy atom. The van der Waals surface area contributed by atoms with Gasteiger partial charge in [0.1, 0.15) is 0 Å². The van der Waals surface area contributed by atoms with Gasteiger partial charge < -0.3 is 15.5 Å². The molecule has 0 unspecified atom stereocenters. The number of benzene rings is 2. The number of piperidine rings is 1. The van der Waals surface area contributed by atoms with Crippen LogP contribution in [0.3, 0.4) is 0 Å². The Morgan fingerprint density at radius 1 is 0.969 bits per heavy atom. The third-order valence-corrected chi connectivity index (χ3v) is 6.40. The summed E-state index contributed by atoms with van der Waals surface area (Å²) in [5.41, 5.74) is 4.81.